The zero-order valence-corrected chi connectivity index (χ0v) is 11.8. The van der Waals surface area contributed by atoms with Gasteiger partial charge in [0.1, 0.15) is 10.8 Å². The lowest BCUT2D eigenvalue weighted by molar-refractivity contribution is 0.100. The monoisotopic (exact) mass is 290 g/mol. The highest BCUT2D eigenvalue weighted by Crippen LogP contribution is 2.39. The number of furan rings is 1. The van der Waals surface area contributed by atoms with Crippen LogP contribution in [-0.4, -0.2) is 11.8 Å². The van der Waals surface area contributed by atoms with Crippen molar-refractivity contribution in [1.82, 2.24) is 0 Å². The first-order chi connectivity index (χ1) is 9.58. The molecule has 0 radical (unpaired) electrons. The van der Waals surface area contributed by atoms with Gasteiger partial charge in [-0.25, -0.2) is 0 Å². The molecule has 20 heavy (non-hydrogen) atoms. The maximum absolute atomic E-state index is 12.2. The van der Waals surface area contributed by atoms with E-state index in [9.17, 15) is 9.59 Å². The van der Waals surface area contributed by atoms with Gasteiger partial charge in [-0.1, -0.05) is 0 Å². The number of hydrogen-bond acceptors (Lipinski definition) is 4. The van der Waals surface area contributed by atoms with Crippen LogP contribution in [0.2, 0.25) is 0 Å². The Morgan fingerprint density at radius 3 is 2.85 bits per heavy atom. The number of carbonyl (C=O) groups excluding carboxylic acids is 2. The molecule has 0 spiro atoms. The van der Waals surface area contributed by atoms with Gasteiger partial charge in [0, 0.05) is 4.88 Å². The summed E-state index contributed by atoms with van der Waals surface area (Å²) >= 11 is 1.45. The summed E-state index contributed by atoms with van der Waals surface area (Å²) in [4.78, 5) is 25.0. The van der Waals surface area contributed by atoms with Crippen molar-refractivity contribution in [2.45, 2.75) is 26.2 Å². The largest absolute Gasteiger partial charge is 0.469 e. The summed E-state index contributed by atoms with van der Waals surface area (Å²) in [5.41, 5.74) is 7.39. The van der Waals surface area contributed by atoms with Gasteiger partial charge in [-0.15, -0.1) is 11.3 Å². The maximum atomic E-state index is 12.2. The molecular formula is C14H14N2O3S. The van der Waals surface area contributed by atoms with E-state index >= 15 is 0 Å². The van der Waals surface area contributed by atoms with Crippen LogP contribution in [0.15, 0.2) is 16.7 Å². The molecular weight excluding hydrogens is 276 g/mol. The second-order valence-electron chi connectivity index (χ2n) is 4.77. The molecule has 5 nitrogen and oxygen atoms in total. The molecule has 0 fully saturated rings. The molecule has 3 rings (SSSR count). The minimum atomic E-state index is -0.483. The predicted octanol–water partition coefficient (Wildman–Crippen LogP) is 2.49. The van der Waals surface area contributed by atoms with Gasteiger partial charge in [-0.05, 0) is 37.8 Å². The van der Waals surface area contributed by atoms with E-state index in [0.717, 1.165) is 29.7 Å². The molecule has 104 valence electrons. The molecule has 0 atom stereocenters. The van der Waals surface area contributed by atoms with E-state index < -0.39 is 5.91 Å². The summed E-state index contributed by atoms with van der Waals surface area (Å²) in [5.74, 6) is -0.213. The molecule has 2 heterocycles. The summed E-state index contributed by atoms with van der Waals surface area (Å²) in [6, 6.07) is 1.61. The summed E-state index contributed by atoms with van der Waals surface area (Å²) in [6.07, 6.45) is 4.30. The molecule has 3 N–H and O–H groups in total. The summed E-state index contributed by atoms with van der Waals surface area (Å²) in [6.45, 7) is 1.72. The average molecular weight is 290 g/mol. The lowest BCUT2D eigenvalue weighted by Crippen LogP contribution is -2.17. The van der Waals surface area contributed by atoms with Crippen molar-refractivity contribution in [1.29, 1.82) is 0 Å². The minimum absolute atomic E-state index is 0.279. The number of primary amides is 1. The maximum Gasteiger partial charge on any atom is 0.259 e. The quantitative estimate of drug-likeness (QED) is 0.910. The third-order valence-electron chi connectivity index (χ3n) is 3.50. The van der Waals surface area contributed by atoms with Crippen LogP contribution in [0.25, 0.3) is 0 Å². The minimum Gasteiger partial charge on any atom is -0.469 e. The number of anilines is 1. The molecule has 1 aliphatic rings. The van der Waals surface area contributed by atoms with Crippen LogP contribution in [0.5, 0.6) is 0 Å². The van der Waals surface area contributed by atoms with Crippen LogP contribution in [0.3, 0.4) is 0 Å². The van der Waals surface area contributed by atoms with Gasteiger partial charge in [-0.2, -0.15) is 0 Å². The van der Waals surface area contributed by atoms with Gasteiger partial charge in [0.05, 0.1) is 17.4 Å². The summed E-state index contributed by atoms with van der Waals surface area (Å²) in [7, 11) is 0. The van der Waals surface area contributed by atoms with Crippen LogP contribution < -0.4 is 11.1 Å². The van der Waals surface area contributed by atoms with Crippen molar-refractivity contribution >= 4 is 28.2 Å². The third kappa shape index (κ3) is 2.02. The summed E-state index contributed by atoms with van der Waals surface area (Å²) in [5, 5.41) is 3.33. The van der Waals surface area contributed by atoms with Crippen molar-refractivity contribution in [2.24, 2.45) is 5.73 Å². The van der Waals surface area contributed by atoms with Crippen molar-refractivity contribution in [3.8, 4) is 0 Å². The molecule has 2 aromatic heterocycles. The normalized spacial score (nSPS) is 13.2. The summed E-state index contributed by atoms with van der Waals surface area (Å²) < 4.78 is 5.11. The fourth-order valence-electron chi connectivity index (χ4n) is 2.54. The van der Waals surface area contributed by atoms with Crippen LogP contribution in [0.1, 0.15) is 43.3 Å². The van der Waals surface area contributed by atoms with E-state index in [-0.39, 0.29) is 5.91 Å². The number of amides is 2. The van der Waals surface area contributed by atoms with Gasteiger partial charge in [0.15, 0.2) is 0 Å². The van der Waals surface area contributed by atoms with Gasteiger partial charge in [-0.3, -0.25) is 9.59 Å². The Hall–Kier alpha value is -2.08. The fourth-order valence-corrected chi connectivity index (χ4v) is 3.83. The number of hydrogen-bond donors (Lipinski definition) is 2. The van der Waals surface area contributed by atoms with Crippen molar-refractivity contribution in [2.75, 3.05) is 5.32 Å². The topological polar surface area (TPSA) is 85.3 Å². The highest BCUT2D eigenvalue weighted by Gasteiger charge is 2.26. The molecule has 0 aromatic carbocycles. The average Bonchev–Trinajstić information content (AvgIpc) is 3.03. The van der Waals surface area contributed by atoms with Crippen LogP contribution in [-0.2, 0) is 12.8 Å². The smallest absolute Gasteiger partial charge is 0.259 e. The van der Waals surface area contributed by atoms with Crippen molar-refractivity contribution in [3.63, 3.8) is 0 Å². The number of nitrogens with two attached hydrogens (primary N) is 1. The van der Waals surface area contributed by atoms with E-state index in [2.05, 4.69) is 5.32 Å². The van der Waals surface area contributed by atoms with Crippen molar-refractivity contribution < 1.29 is 14.0 Å². The van der Waals surface area contributed by atoms with E-state index in [1.54, 1.807) is 13.0 Å². The fraction of sp³-hybridized carbons (Fsp3) is 0.286. The second-order valence-corrected chi connectivity index (χ2v) is 5.88. The molecule has 2 amide bonds. The molecule has 0 aliphatic heterocycles. The molecule has 0 saturated carbocycles. The zero-order chi connectivity index (χ0) is 14.3. The Balaban J connectivity index is 1.94. The second kappa shape index (κ2) is 4.79. The van der Waals surface area contributed by atoms with Gasteiger partial charge < -0.3 is 15.5 Å². The molecule has 0 unspecified atom stereocenters. The molecule has 0 bridgehead atoms. The number of aryl methyl sites for hydroxylation is 2. The number of carbonyl (C=O) groups is 2. The first-order valence-corrected chi connectivity index (χ1v) is 7.19. The lowest BCUT2D eigenvalue weighted by atomic mass is 10.1. The molecule has 0 saturated heterocycles. The molecule has 1 aliphatic carbocycles. The standard InChI is InChI=1S/C14H14N2O3S/c1-7-8(5-6-19-7)13(18)16-14-11(12(15)17)9-3-2-4-10(9)20-14/h5-6H,2-4H2,1H3,(H2,15,17)(H,16,18). The van der Waals surface area contributed by atoms with Crippen LogP contribution in [0.4, 0.5) is 5.00 Å². The lowest BCUT2D eigenvalue weighted by Gasteiger charge is -2.05. The molecule has 6 heteroatoms. The van der Waals surface area contributed by atoms with Crippen LogP contribution in [0, 0.1) is 6.92 Å². The van der Waals surface area contributed by atoms with Gasteiger partial charge in [0.25, 0.3) is 11.8 Å². The third-order valence-corrected chi connectivity index (χ3v) is 4.71. The van der Waals surface area contributed by atoms with Crippen molar-refractivity contribution in [3.05, 3.63) is 39.7 Å². The number of nitrogens with one attached hydrogen (secondary N) is 1. The van der Waals surface area contributed by atoms with E-state index in [0.29, 0.717) is 21.9 Å². The SMILES string of the molecule is Cc1occc1C(=O)Nc1sc2c(c1C(N)=O)CCC2. The zero-order valence-electron chi connectivity index (χ0n) is 11.0. The number of thiophene rings is 1. The highest BCUT2D eigenvalue weighted by molar-refractivity contribution is 7.17. The Kier molecular flexibility index (Phi) is 3.10. The predicted molar refractivity (Wildman–Crippen MR) is 76.3 cm³/mol. The molecule has 2 aromatic rings. The Morgan fingerprint density at radius 2 is 2.20 bits per heavy atom. The number of fused-ring (bicyclic) bond motifs is 1. The number of rotatable bonds is 3. The first kappa shape index (κ1) is 12.9. The van der Waals surface area contributed by atoms with Gasteiger partial charge >= 0.3 is 0 Å². The van der Waals surface area contributed by atoms with Gasteiger partial charge in [0.2, 0.25) is 0 Å². The van der Waals surface area contributed by atoms with E-state index in [1.807, 2.05) is 0 Å². The van der Waals surface area contributed by atoms with E-state index in [1.165, 1.54) is 17.6 Å². The Labute approximate surface area is 119 Å². The van der Waals surface area contributed by atoms with E-state index in [4.69, 9.17) is 10.2 Å². The first-order valence-electron chi connectivity index (χ1n) is 6.37. The Morgan fingerprint density at radius 1 is 1.40 bits per heavy atom. The highest BCUT2D eigenvalue weighted by atomic mass is 32.1. The Bertz CT molecular complexity index is 699. The van der Waals surface area contributed by atoms with Crippen LogP contribution >= 0.6 is 11.3 Å².